The van der Waals surface area contributed by atoms with Gasteiger partial charge in [-0.1, -0.05) is 0 Å². The molecule has 0 unspecified atom stereocenters. The van der Waals surface area contributed by atoms with Gasteiger partial charge in [-0.15, -0.1) is 0 Å². The van der Waals surface area contributed by atoms with Gasteiger partial charge < -0.3 is 28.4 Å². The average Bonchev–Trinajstić information content (AvgIpc) is 2.49. The van der Waals surface area contributed by atoms with Crippen LogP contribution in [0.3, 0.4) is 0 Å². The van der Waals surface area contributed by atoms with Crippen LogP contribution in [0.4, 0.5) is 17.6 Å². The van der Waals surface area contributed by atoms with E-state index in [9.17, 15) is 17.6 Å². The maximum atomic E-state index is 13.2. The van der Waals surface area contributed by atoms with Gasteiger partial charge in [-0.2, -0.15) is 17.6 Å². The normalized spacial score (nSPS) is 12.8. The van der Waals surface area contributed by atoms with Crippen LogP contribution >= 0.6 is 0 Å². The van der Waals surface area contributed by atoms with Crippen LogP contribution in [0.2, 0.25) is 0 Å². The number of methoxy groups -OCH3 is 2. The van der Waals surface area contributed by atoms with Gasteiger partial charge >= 0.3 is 12.2 Å². The average molecular weight is 368 g/mol. The molecule has 0 aliphatic rings. The first-order valence-electron chi connectivity index (χ1n) is 7.07. The van der Waals surface area contributed by atoms with E-state index in [1.807, 2.05) is 0 Å². The molecule has 7 nitrogen and oxygen atoms in total. The summed E-state index contributed by atoms with van der Waals surface area (Å²) >= 11 is 0. The Morgan fingerprint density at radius 1 is 0.583 bits per heavy atom. The zero-order valence-corrected chi connectivity index (χ0v) is 13.7. The van der Waals surface area contributed by atoms with Crippen molar-refractivity contribution >= 4 is 0 Å². The van der Waals surface area contributed by atoms with E-state index in [4.69, 9.17) is 14.2 Å². The fourth-order valence-electron chi connectivity index (χ4n) is 1.25. The second-order valence-electron chi connectivity index (χ2n) is 4.40. The standard InChI is InChI=1S/C13H24F4O7/c1-18-3-5-20-7-8-22-11-23-10-13(16,17)24-12(14,15)9-21-6-4-19-2/h3-11H2,1-2H3. The molecule has 0 radical (unpaired) electrons. The summed E-state index contributed by atoms with van der Waals surface area (Å²) in [6.07, 6.45) is -8.34. The molecule has 0 N–H and O–H groups in total. The molecule has 24 heavy (non-hydrogen) atoms. The lowest BCUT2D eigenvalue weighted by atomic mass is 10.6. The zero-order valence-electron chi connectivity index (χ0n) is 13.7. The third kappa shape index (κ3) is 15.0. The smallest absolute Gasteiger partial charge is 0.382 e. The van der Waals surface area contributed by atoms with Gasteiger partial charge in [0.1, 0.15) is 20.0 Å². The molecule has 146 valence electrons. The SMILES string of the molecule is COCCOCCOCOCC(F)(F)OC(F)(F)COCCOC. The van der Waals surface area contributed by atoms with Crippen LogP contribution in [-0.4, -0.2) is 86.1 Å². The van der Waals surface area contributed by atoms with E-state index >= 15 is 0 Å². The summed E-state index contributed by atoms with van der Waals surface area (Å²) in [5.41, 5.74) is 0. The lowest BCUT2D eigenvalue weighted by Crippen LogP contribution is -2.40. The first-order chi connectivity index (χ1) is 11.3. The van der Waals surface area contributed by atoms with E-state index in [-0.39, 0.29) is 26.4 Å². The molecule has 0 aromatic carbocycles. The molecule has 0 fully saturated rings. The van der Waals surface area contributed by atoms with Gasteiger partial charge in [-0.3, -0.25) is 4.74 Å². The Labute approximate surface area is 138 Å². The minimum absolute atomic E-state index is 0.0576. The molecule has 0 spiro atoms. The Morgan fingerprint density at radius 2 is 1.04 bits per heavy atom. The summed E-state index contributed by atoms with van der Waals surface area (Å²) in [6.45, 7) is -2.22. The van der Waals surface area contributed by atoms with Gasteiger partial charge in [-0.05, 0) is 0 Å². The zero-order chi connectivity index (χ0) is 18.3. The largest absolute Gasteiger partial charge is 0.383 e. The number of ether oxygens (including phenoxy) is 7. The van der Waals surface area contributed by atoms with Gasteiger partial charge in [0, 0.05) is 14.2 Å². The second-order valence-corrected chi connectivity index (χ2v) is 4.40. The molecule has 11 heteroatoms. The van der Waals surface area contributed by atoms with Gasteiger partial charge in [-0.25, -0.2) is 0 Å². The number of hydrogen-bond donors (Lipinski definition) is 0. The number of hydrogen-bond acceptors (Lipinski definition) is 7. The first kappa shape index (κ1) is 23.4. The maximum Gasteiger partial charge on any atom is 0.383 e. The third-order valence-electron chi connectivity index (χ3n) is 2.24. The molecule has 0 saturated heterocycles. The summed E-state index contributed by atoms with van der Waals surface area (Å²) in [4.78, 5) is 0. The van der Waals surface area contributed by atoms with E-state index < -0.39 is 32.2 Å². The number of alkyl halides is 4. The van der Waals surface area contributed by atoms with Crippen molar-refractivity contribution in [3.05, 3.63) is 0 Å². The van der Waals surface area contributed by atoms with Crippen molar-refractivity contribution < 1.29 is 50.7 Å². The van der Waals surface area contributed by atoms with Crippen molar-refractivity contribution in [1.82, 2.24) is 0 Å². The van der Waals surface area contributed by atoms with Crippen molar-refractivity contribution in [2.75, 3.05) is 73.9 Å². The van der Waals surface area contributed by atoms with E-state index in [0.29, 0.717) is 13.2 Å². The van der Waals surface area contributed by atoms with Crippen LogP contribution in [0.15, 0.2) is 0 Å². The monoisotopic (exact) mass is 368 g/mol. The summed E-state index contributed by atoms with van der Waals surface area (Å²) in [5.74, 6) is 0. The maximum absolute atomic E-state index is 13.2. The quantitative estimate of drug-likeness (QED) is 0.219. The summed E-state index contributed by atoms with van der Waals surface area (Å²) in [6, 6.07) is 0. The predicted octanol–water partition coefficient (Wildman–Crippen LogP) is 1.51. The van der Waals surface area contributed by atoms with Crippen molar-refractivity contribution in [3.8, 4) is 0 Å². The van der Waals surface area contributed by atoms with Gasteiger partial charge in [0.05, 0.1) is 39.6 Å². The molecule has 0 heterocycles. The van der Waals surface area contributed by atoms with E-state index in [1.54, 1.807) is 0 Å². The van der Waals surface area contributed by atoms with Crippen molar-refractivity contribution in [2.45, 2.75) is 12.2 Å². The second kappa shape index (κ2) is 13.7. The lowest BCUT2D eigenvalue weighted by molar-refractivity contribution is -0.395. The first-order valence-corrected chi connectivity index (χ1v) is 7.07. The van der Waals surface area contributed by atoms with Crippen LogP contribution in [-0.2, 0) is 33.2 Å². The highest BCUT2D eigenvalue weighted by atomic mass is 19.3. The third-order valence-corrected chi connectivity index (χ3v) is 2.24. The van der Waals surface area contributed by atoms with Crippen molar-refractivity contribution in [2.24, 2.45) is 0 Å². The highest BCUT2D eigenvalue weighted by molar-refractivity contribution is 4.58. The van der Waals surface area contributed by atoms with Gasteiger partial charge in [0.15, 0.2) is 0 Å². The molecule has 0 atom stereocenters. The fraction of sp³-hybridized carbons (Fsp3) is 1.00. The Morgan fingerprint density at radius 3 is 1.62 bits per heavy atom. The molecular formula is C13H24F4O7. The van der Waals surface area contributed by atoms with E-state index in [0.717, 1.165) is 0 Å². The van der Waals surface area contributed by atoms with Crippen LogP contribution in [0, 0.1) is 0 Å². The molecule has 0 rings (SSSR count). The molecule has 0 aliphatic heterocycles. The van der Waals surface area contributed by atoms with Gasteiger partial charge in [0.25, 0.3) is 0 Å². The highest BCUT2D eigenvalue weighted by Gasteiger charge is 2.44. The fourth-order valence-corrected chi connectivity index (χ4v) is 1.25. The molecule has 0 bridgehead atoms. The van der Waals surface area contributed by atoms with Gasteiger partial charge in [0.2, 0.25) is 0 Å². The van der Waals surface area contributed by atoms with Crippen LogP contribution in [0.1, 0.15) is 0 Å². The molecule has 0 amide bonds. The Balaban J connectivity index is 3.72. The van der Waals surface area contributed by atoms with Crippen LogP contribution in [0.5, 0.6) is 0 Å². The molecule has 0 aliphatic carbocycles. The molecule has 0 aromatic rings. The summed E-state index contributed by atoms with van der Waals surface area (Å²) in [5, 5.41) is 0. The minimum atomic E-state index is -4.19. The Hall–Kier alpha value is -0.560. The topological polar surface area (TPSA) is 64.6 Å². The van der Waals surface area contributed by atoms with Crippen molar-refractivity contribution in [3.63, 3.8) is 0 Å². The molecule has 0 aromatic heterocycles. The minimum Gasteiger partial charge on any atom is -0.382 e. The van der Waals surface area contributed by atoms with Crippen molar-refractivity contribution in [1.29, 1.82) is 0 Å². The molecular weight excluding hydrogens is 344 g/mol. The predicted molar refractivity (Wildman–Crippen MR) is 73.1 cm³/mol. The van der Waals surface area contributed by atoms with E-state index in [2.05, 4.69) is 18.9 Å². The number of halogens is 4. The highest BCUT2D eigenvalue weighted by Crippen LogP contribution is 2.27. The Kier molecular flexibility index (Phi) is 13.4. The number of rotatable bonds is 17. The van der Waals surface area contributed by atoms with Crippen LogP contribution in [0.25, 0.3) is 0 Å². The summed E-state index contributed by atoms with van der Waals surface area (Å²) < 4.78 is 84.2. The summed E-state index contributed by atoms with van der Waals surface area (Å²) in [7, 11) is 2.86. The molecule has 0 saturated carbocycles. The lowest BCUT2D eigenvalue weighted by Gasteiger charge is -2.23. The Bertz CT molecular complexity index is 295. The van der Waals surface area contributed by atoms with Crippen LogP contribution < -0.4 is 0 Å². The van der Waals surface area contributed by atoms with E-state index in [1.165, 1.54) is 14.2 Å².